The minimum Gasteiger partial charge on any atom is -0.398 e. The van der Waals surface area contributed by atoms with Crippen molar-refractivity contribution >= 4 is 11.6 Å². The number of nitrogen functional groups attached to an aromatic ring is 1. The topological polar surface area (TPSA) is 67.6 Å². The van der Waals surface area contributed by atoms with Crippen LogP contribution in [0.4, 0.5) is 5.69 Å². The van der Waals surface area contributed by atoms with Gasteiger partial charge in [-0.3, -0.25) is 4.79 Å². The van der Waals surface area contributed by atoms with E-state index >= 15 is 0 Å². The minimum absolute atomic E-state index is 0.0534. The zero-order valence-corrected chi connectivity index (χ0v) is 10.6. The number of carbonyl (C=O) groups is 1. The zero-order valence-electron chi connectivity index (χ0n) is 10.6. The predicted molar refractivity (Wildman–Crippen MR) is 70.4 cm³/mol. The molecule has 1 atom stereocenters. The van der Waals surface area contributed by atoms with Crippen molar-refractivity contribution in [3.8, 4) is 0 Å². The van der Waals surface area contributed by atoms with Gasteiger partial charge in [-0.05, 0) is 19.2 Å². The van der Waals surface area contributed by atoms with Crippen LogP contribution in [0.15, 0.2) is 24.3 Å². The number of morpholine rings is 1. The molecule has 0 spiro atoms. The van der Waals surface area contributed by atoms with Crippen molar-refractivity contribution in [1.29, 1.82) is 0 Å². The summed E-state index contributed by atoms with van der Waals surface area (Å²) in [6.45, 7) is 3.00. The van der Waals surface area contributed by atoms with Gasteiger partial charge in [-0.1, -0.05) is 12.1 Å². The molecule has 5 nitrogen and oxygen atoms in total. The molecule has 98 valence electrons. The molecule has 1 aliphatic rings. The monoisotopic (exact) mass is 249 g/mol. The molecule has 18 heavy (non-hydrogen) atoms. The molecule has 2 rings (SSSR count). The van der Waals surface area contributed by atoms with Crippen LogP contribution in [0, 0.1) is 0 Å². The molecule has 0 aliphatic carbocycles. The molecule has 1 unspecified atom stereocenters. The summed E-state index contributed by atoms with van der Waals surface area (Å²) in [6.07, 6.45) is 0.0534. The van der Waals surface area contributed by atoms with Gasteiger partial charge in [-0.2, -0.15) is 0 Å². The van der Waals surface area contributed by atoms with Gasteiger partial charge in [-0.15, -0.1) is 0 Å². The standard InChI is InChI=1S/C13H19N3O2/c1-16-6-7-18-10(9-16)8-15-13(17)11-4-2-3-5-12(11)14/h2-5,10H,6-9,14H2,1H3,(H,15,17). The third-order valence-corrected chi connectivity index (χ3v) is 3.04. The molecular formula is C13H19N3O2. The van der Waals surface area contributed by atoms with E-state index in [-0.39, 0.29) is 12.0 Å². The fourth-order valence-electron chi connectivity index (χ4n) is 2.00. The van der Waals surface area contributed by atoms with Crippen molar-refractivity contribution in [2.24, 2.45) is 0 Å². The lowest BCUT2D eigenvalue weighted by Gasteiger charge is -2.30. The Bertz CT molecular complexity index is 422. The van der Waals surface area contributed by atoms with E-state index in [4.69, 9.17) is 10.5 Å². The van der Waals surface area contributed by atoms with Gasteiger partial charge in [0.15, 0.2) is 0 Å². The fraction of sp³-hybridized carbons (Fsp3) is 0.462. The summed E-state index contributed by atoms with van der Waals surface area (Å²) >= 11 is 0. The van der Waals surface area contributed by atoms with Gasteiger partial charge in [0.25, 0.3) is 5.91 Å². The quantitative estimate of drug-likeness (QED) is 0.758. The number of para-hydroxylation sites is 1. The maximum atomic E-state index is 11.9. The molecule has 1 heterocycles. The van der Waals surface area contributed by atoms with E-state index in [1.165, 1.54) is 0 Å². The van der Waals surface area contributed by atoms with Crippen LogP contribution in [0.2, 0.25) is 0 Å². The smallest absolute Gasteiger partial charge is 0.253 e. The first-order valence-electron chi connectivity index (χ1n) is 6.09. The Morgan fingerprint density at radius 2 is 2.33 bits per heavy atom. The SMILES string of the molecule is CN1CCOC(CNC(=O)c2ccccc2N)C1. The molecule has 1 fully saturated rings. The zero-order chi connectivity index (χ0) is 13.0. The number of nitrogens with zero attached hydrogens (tertiary/aromatic N) is 1. The predicted octanol–water partition coefficient (Wildman–Crippen LogP) is 0.329. The molecule has 1 aromatic rings. The second kappa shape index (κ2) is 5.84. The number of likely N-dealkylation sites (N-methyl/N-ethyl adjacent to an activating group) is 1. The Hall–Kier alpha value is -1.59. The van der Waals surface area contributed by atoms with E-state index in [2.05, 4.69) is 10.2 Å². The number of amides is 1. The normalized spacial score (nSPS) is 20.6. The van der Waals surface area contributed by atoms with E-state index in [1.54, 1.807) is 18.2 Å². The summed E-state index contributed by atoms with van der Waals surface area (Å²) in [6, 6.07) is 7.06. The van der Waals surface area contributed by atoms with Gasteiger partial charge < -0.3 is 20.7 Å². The van der Waals surface area contributed by atoms with Crippen molar-refractivity contribution in [1.82, 2.24) is 10.2 Å². The van der Waals surface area contributed by atoms with Gasteiger partial charge in [0.1, 0.15) is 0 Å². The van der Waals surface area contributed by atoms with Crippen LogP contribution < -0.4 is 11.1 Å². The molecule has 3 N–H and O–H groups in total. The number of hydrogen-bond donors (Lipinski definition) is 2. The summed E-state index contributed by atoms with van der Waals surface area (Å²) in [7, 11) is 2.05. The number of hydrogen-bond acceptors (Lipinski definition) is 4. The van der Waals surface area contributed by atoms with E-state index in [9.17, 15) is 4.79 Å². The summed E-state index contributed by atoms with van der Waals surface area (Å²) in [4.78, 5) is 14.1. The van der Waals surface area contributed by atoms with Crippen molar-refractivity contribution in [3.05, 3.63) is 29.8 Å². The van der Waals surface area contributed by atoms with Gasteiger partial charge >= 0.3 is 0 Å². The van der Waals surface area contributed by atoms with Gasteiger partial charge in [0.05, 0.1) is 18.3 Å². The lowest BCUT2D eigenvalue weighted by Crippen LogP contribution is -2.46. The molecule has 1 amide bonds. The molecular weight excluding hydrogens is 230 g/mol. The molecule has 1 aliphatic heterocycles. The molecule has 0 saturated carbocycles. The van der Waals surface area contributed by atoms with Crippen LogP contribution in [0.25, 0.3) is 0 Å². The lowest BCUT2D eigenvalue weighted by atomic mass is 10.1. The maximum absolute atomic E-state index is 11.9. The van der Waals surface area contributed by atoms with E-state index in [1.807, 2.05) is 13.1 Å². The largest absolute Gasteiger partial charge is 0.398 e. The first kappa shape index (κ1) is 12.9. The first-order chi connectivity index (χ1) is 8.66. The third-order valence-electron chi connectivity index (χ3n) is 3.04. The Morgan fingerprint density at radius 3 is 3.06 bits per heavy atom. The summed E-state index contributed by atoms with van der Waals surface area (Å²) in [5.41, 5.74) is 6.76. The number of anilines is 1. The molecule has 0 radical (unpaired) electrons. The van der Waals surface area contributed by atoms with Crippen molar-refractivity contribution in [2.45, 2.75) is 6.10 Å². The van der Waals surface area contributed by atoms with Crippen LogP contribution >= 0.6 is 0 Å². The number of ether oxygens (including phenoxy) is 1. The third kappa shape index (κ3) is 3.21. The highest BCUT2D eigenvalue weighted by molar-refractivity contribution is 5.99. The Balaban J connectivity index is 1.87. The Morgan fingerprint density at radius 1 is 1.56 bits per heavy atom. The van der Waals surface area contributed by atoms with E-state index in [0.29, 0.717) is 24.4 Å². The highest BCUT2D eigenvalue weighted by Crippen LogP contribution is 2.10. The van der Waals surface area contributed by atoms with E-state index < -0.39 is 0 Å². The summed E-state index contributed by atoms with van der Waals surface area (Å²) in [5, 5.41) is 2.86. The van der Waals surface area contributed by atoms with Crippen LogP contribution in [0.3, 0.4) is 0 Å². The highest BCUT2D eigenvalue weighted by atomic mass is 16.5. The number of carbonyl (C=O) groups excluding carboxylic acids is 1. The maximum Gasteiger partial charge on any atom is 0.253 e. The highest BCUT2D eigenvalue weighted by Gasteiger charge is 2.18. The Labute approximate surface area is 107 Å². The van der Waals surface area contributed by atoms with Crippen molar-refractivity contribution in [3.63, 3.8) is 0 Å². The fourth-order valence-corrected chi connectivity index (χ4v) is 2.00. The second-order valence-corrected chi connectivity index (χ2v) is 4.55. The number of benzene rings is 1. The molecule has 1 saturated heterocycles. The van der Waals surface area contributed by atoms with Crippen LogP contribution in [0.1, 0.15) is 10.4 Å². The summed E-state index contributed by atoms with van der Waals surface area (Å²) in [5.74, 6) is -0.148. The number of rotatable bonds is 3. The van der Waals surface area contributed by atoms with Crippen molar-refractivity contribution < 1.29 is 9.53 Å². The number of nitrogens with one attached hydrogen (secondary N) is 1. The Kier molecular flexibility index (Phi) is 4.17. The molecule has 0 bridgehead atoms. The van der Waals surface area contributed by atoms with Crippen LogP contribution in [-0.4, -0.2) is 50.2 Å². The van der Waals surface area contributed by atoms with Gasteiger partial charge in [0.2, 0.25) is 0 Å². The van der Waals surface area contributed by atoms with Crippen LogP contribution in [0.5, 0.6) is 0 Å². The molecule has 5 heteroatoms. The van der Waals surface area contributed by atoms with Crippen LogP contribution in [-0.2, 0) is 4.74 Å². The average Bonchev–Trinajstić information content (AvgIpc) is 2.37. The number of nitrogens with two attached hydrogens (primary N) is 1. The lowest BCUT2D eigenvalue weighted by molar-refractivity contribution is -0.0174. The average molecular weight is 249 g/mol. The van der Waals surface area contributed by atoms with Crippen molar-refractivity contribution in [2.75, 3.05) is 39.0 Å². The second-order valence-electron chi connectivity index (χ2n) is 4.55. The van der Waals surface area contributed by atoms with Gasteiger partial charge in [-0.25, -0.2) is 0 Å². The van der Waals surface area contributed by atoms with Gasteiger partial charge in [0, 0.05) is 25.3 Å². The molecule has 1 aromatic carbocycles. The minimum atomic E-state index is -0.148. The molecule has 0 aromatic heterocycles. The first-order valence-corrected chi connectivity index (χ1v) is 6.09. The summed E-state index contributed by atoms with van der Waals surface area (Å²) < 4.78 is 5.58. The van der Waals surface area contributed by atoms with E-state index in [0.717, 1.165) is 13.1 Å².